The summed E-state index contributed by atoms with van der Waals surface area (Å²) in [7, 11) is 0. The summed E-state index contributed by atoms with van der Waals surface area (Å²) in [5.74, 6) is -9.84. The first kappa shape index (κ1) is 36.2. The molecule has 3 N–H and O–H groups in total. The van der Waals surface area contributed by atoms with Crippen LogP contribution in [0.1, 0.15) is 102 Å². The molecule has 0 radical (unpaired) electrons. The molecule has 280 valence electrons. The Balaban J connectivity index is 1.17. The van der Waals surface area contributed by atoms with E-state index in [1.807, 2.05) is 0 Å². The quantitative estimate of drug-likeness (QED) is 0.219. The molecule has 15 heteroatoms. The molecule has 7 atom stereocenters. The Morgan fingerprint density at radius 1 is 1.04 bits per heavy atom. The standard InChI is InChI=1S/C37H47F2N7O6/c1-5-9-23(29(47)33(50)42-20-12-13-20)46-24-16-37(38,39)21-18-45(27(35(46)52)25(21)28(24)46)34(51)30(36(2,3)4)44-32(49)26(19-10-7-6-8-11-19)43-31(48)22-17-40-14-15-41-22/h14-15,17,19-21,23,25-27,30H,5-13,16,18H2,1-4H3,(H2-,42,43,44,48,49,50)/p+1/t21?,23-,25?,26-,27-,30+,46?/m0/s1. The number of quaternary nitrogens is 1. The van der Waals surface area contributed by atoms with Crippen LogP contribution >= 0.6 is 0 Å². The zero-order chi connectivity index (χ0) is 37.3. The number of Topliss-reactive ketones (excluding diaryl/α,β-unsaturated/α-hetero) is 1. The van der Waals surface area contributed by atoms with Crippen molar-refractivity contribution in [2.75, 3.05) is 6.54 Å². The van der Waals surface area contributed by atoms with Gasteiger partial charge in [-0.05, 0) is 43.4 Å². The number of halogens is 2. The molecule has 3 aliphatic heterocycles. The second-order valence-electron chi connectivity index (χ2n) is 16.6. The minimum Gasteiger partial charge on any atom is -0.347 e. The third kappa shape index (κ3) is 5.92. The number of carbonyl (C=O) groups excluding carboxylic acids is 6. The average Bonchev–Trinajstić information content (AvgIpc) is 3.97. The fourth-order valence-electron chi connectivity index (χ4n) is 9.35. The van der Waals surface area contributed by atoms with Crippen molar-refractivity contribution >= 4 is 35.3 Å². The molecule has 3 aliphatic carbocycles. The Kier molecular flexibility index (Phi) is 9.10. The van der Waals surface area contributed by atoms with Gasteiger partial charge in [0, 0.05) is 31.4 Å². The molecule has 13 nitrogen and oxygen atoms in total. The summed E-state index contributed by atoms with van der Waals surface area (Å²) in [5, 5.41) is 8.38. The van der Waals surface area contributed by atoms with Gasteiger partial charge in [0.1, 0.15) is 17.8 Å². The molecule has 1 aromatic heterocycles. The van der Waals surface area contributed by atoms with Crippen molar-refractivity contribution in [1.82, 2.24) is 30.8 Å². The fourth-order valence-corrected chi connectivity index (χ4v) is 9.35. The summed E-state index contributed by atoms with van der Waals surface area (Å²) >= 11 is 0. The van der Waals surface area contributed by atoms with Crippen molar-refractivity contribution in [1.29, 1.82) is 0 Å². The molecule has 52 heavy (non-hydrogen) atoms. The van der Waals surface area contributed by atoms with E-state index in [0.29, 0.717) is 25.0 Å². The molecular formula is C37H48F2N7O6+. The highest BCUT2D eigenvalue weighted by molar-refractivity contribution is 6.38. The fraction of sp³-hybridized carbons (Fsp3) is 0.676. The molecule has 1 aromatic rings. The first-order valence-corrected chi connectivity index (χ1v) is 18.7. The van der Waals surface area contributed by atoms with Crippen molar-refractivity contribution < 1.29 is 42.0 Å². The van der Waals surface area contributed by atoms with E-state index in [1.54, 1.807) is 27.7 Å². The predicted molar refractivity (Wildman–Crippen MR) is 180 cm³/mol. The Morgan fingerprint density at radius 2 is 1.75 bits per heavy atom. The molecular weight excluding hydrogens is 676 g/mol. The molecule has 4 fully saturated rings. The zero-order valence-corrected chi connectivity index (χ0v) is 30.1. The maximum Gasteiger partial charge on any atom is 0.347 e. The molecule has 4 heterocycles. The van der Waals surface area contributed by atoms with Crippen LogP contribution in [0.5, 0.6) is 0 Å². The zero-order valence-electron chi connectivity index (χ0n) is 30.1. The van der Waals surface area contributed by atoms with Gasteiger partial charge in [0.25, 0.3) is 23.5 Å². The minimum atomic E-state index is -3.26. The topological polar surface area (TPSA) is 168 Å². The number of nitrogens with zero attached hydrogens (tertiary/aromatic N) is 4. The largest absolute Gasteiger partial charge is 0.347 e. The molecule has 0 spiro atoms. The highest BCUT2D eigenvalue weighted by Gasteiger charge is 2.86. The van der Waals surface area contributed by atoms with Gasteiger partial charge in [-0.3, -0.25) is 29.0 Å². The van der Waals surface area contributed by atoms with Crippen molar-refractivity contribution in [2.45, 2.75) is 128 Å². The van der Waals surface area contributed by atoms with Crippen molar-refractivity contribution in [3.05, 3.63) is 35.7 Å². The lowest BCUT2D eigenvalue weighted by atomic mass is 9.80. The summed E-state index contributed by atoms with van der Waals surface area (Å²) in [5.41, 5.74) is -0.252. The van der Waals surface area contributed by atoms with Crippen LogP contribution in [0, 0.1) is 23.2 Å². The highest BCUT2D eigenvalue weighted by atomic mass is 19.3. The number of ketones is 1. The number of alkyl halides is 2. The van der Waals surface area contributed by atoms with E-state index in [-0.39, 0.29) is 29.8 Å². The number of carbonyl (C=O) groups is 6. The van der Waals surface area contributed by atoms with E-state index < -0.39 is 100 Å². The van der Waals surface area contributed by atoms with E-state index in [2.05, 4.69) is 25.9 Å². The lowest BCUT2D eigenvalue weighted by Gasteiger charge is -2.37. The van der Waals surface area contributed by atoms with Crippen LogP contribution in [0.3, 0.4) is 0 Å². The number of nitrogens with one attached hydrogen (secondary N) is 3. The van der Waals surface area contributed by atoms with E-state index in [9.17, 15) is 28.8 Å². The van der Waals surface area contributed by atoms with Crippen LogP contribution in [0.15, 0.2) is 30.0 Å². The normalized spacial score (nSPS) is 29.2. The molecule has 5 amide bonds. The van der Waals surface area contributed by atoms with Gasteiger partial charge in [-0.1, -0.05) is 47.0 Å². The maximum absolute atomic E-state index is 16.0. The first-order valence-electron chi connectivity index (χ1n) is 18.7. The number of allylic oxidation sites excluding steroid dienone is 1. The number of hydrogen-bond donors (Lipinski definition) is 3. The SMILES string of the molecule is CCC[C@@H](C(=O)C(=O)NC1CC1)[N+]12C(=O)[C@@H]3C4C1=C2CC(F)(F)C4CN3C(=O)[C@@H](NC(=O)[C@@H](NC(=O)c1cnccn1)C1CCCCC1)C(C)(C)C. The van der Waals surface area contributed by atoms with Crippen molar-refractivity contribution in [3.63, 3.8) is 0 Å². The van der Waals surface area contributed by atoms with Crippen LogP contribution in [0.25, 0.3) is 0 Å². The second kappa shape index (κ2) is 13.1. The van der Waals surface area contributed by atoms with Gasteiger partial charge < -0.3 is 20.9 Å². The van der Waals surface area contributed by atoms with Crippen molar-refractivity contribution in [2.24, 2.45) is 23.2 Å². The van der Waals surface area contributed by atoms with E-state index in [1.165, 1.54) is 23.5 Å². The van der Waals surface area contributed by atoms with Crippen LogP contribution in [-0.2, 0) is 24.0 Å². The maximum atomic E-state index is 16.0. The molecule has 0 aromatic carbocycles. The second-order valence-corrected chi connectivity index (χ2v) is 16.6. The summed E-state index contributed by atoms with van der Waals surface area (Å²) < 4.78 is 31.3. The Morgan fingerprint density at radius 3 is 2.37 bits per heavy atom. The van der Waals surface area contributed by atoms with Crippen molar-refractivity contribution in [3.8, 4) is 0 Å². The first-order chi connectivity index (χ1) is 24.6. The van der Waals surface area contributed by atoms with Gasteiger partial charge in [-0.2, -0.15) is 4.48 Å². The smallest absolute Gasteiger partial charge is 0.347 e. The lowest BCUT2D eigenvalue weighted by molar-refractivity contribution is -0.723. The summed E-state index contributed by atoms with van der Waals surface area (Å²) in [6.07, 6.45) is 9.56. The summed E-state index contributed by atoms with van der Waals surface area (Å²) in [4.78, 5) is 92.7. The number of likely N-dealkylation sites (tertiary alicyclic amines) is 1. The number of hydrogen-bond acceptors (Lipinski definition) is 8. The molecule has 2 saturated heterocycles. The number of amides is 5. The average molecular weight is 725 g/mol. The monoisotopic (exact) mass is 724 g/mol. The highest BCUT2D eigenvalue weighted by Crippen LogP contribution is 2.70. The van der Waals surface area contributed by atoms with E-state index in [4.69, 9.17) is 0 Å². The van der Waals surface area contributed by atoms with Crippen LogP contribution < -0.4 is 16.0 Å². The van der Waals surface area contributed by atoms with E-state index >= 15 is 8.78 Å². The van der Waals surface area contributed by atoms with Gasteiger partial charge in [0.15, 0.2) is 23.5 Å². The Bertz CT molecular complexity index is 1720. The third-order valence-electron chi connectivity index (χ3n) is 12.1. The number of rotatable bonds is 12. The molecule has 7 rings (SSSR count). The predicted octanol–water partition coefficient (Wildman–Crippen LogP) is 2.77. The molecule has 2 saturated carbocycles. The van der Waals surface area contributed by atoms with Gasteiger partial charge in [-0.15, -0.1) is 0 Å². The van der Waals surface area contributed by atoms with Crippen LogP contribution in [-0.4, -0.2) is 97.3 Å². The Hall–Kier alpha value is -4.14. The van der Waals surface area contributed by atoms with Gasteiger partial charge in [0.2, 0.25) is 11.8 Å². The Labute approximate surface area is 301 Å². The van der Waals surface area contributed by atoms with E-state index in [0.717, 1.165) is 32.1 Å². The number of fused-ring (bicyclic) bond motifs is 1. The van der Waals surface area contributed by atoms with Crippen LogP contribution in [0.4, 0.5) is 8.78 Å². The van der Waals surface area contributed by atoms with Gasteiger partial charge in [0.05, 0.1) is 24.5 Å². The minimum absolute atomic E-state index is 0.0316. The lowest BCUT2D eigenvalue weighted by Crippen LogP contribution is -2.62. The van der Waals surface area contributed by atoms with Gasteiger partial charge in [-0.25, -0.2) is 18.6 Å². The third-order valence-corrected chi connectivity index (χ3v) is 12.1. The van der Waals surface area contributed by atoms with Crippen LogP contribution in [0.2, 0.25) is 0 Å². The summed E-state index contributed by atoms with van der Waals surface area (Å²) in [6, 6.07) is -4.80. The summed E-state index contributed by atoms with van der Waals surface area (Å²) in [6.45, 7) is 6.63. The molecule has 3 unspecified atom stereocenters. The number of aromatic nitrogens is 2. The molecule has 6 aliphatic rings. The van der Waals surface area contributed by atoms with Gasteiger partial charge >= 0.3 is 5.91 Å². The molecule has 0 bridgehead atoms.